The highest BCUT2D eigenvalue weighted by atomic mass is 32.1. The summed E-state index contributed by atoms with van der Waals surface area (Å²) in [6.07, 6.45) is 0.467. The number of benzene rings is 2. The van der Waals surface area contributed by atoms with Crippen molar-refractivity contribution in [2.24, 2.45) is 5.41 Å². The van der Waals surface area contributed by atoms with Crippen LogP contribution in [0.15, 0.2) is 42.5 Å². The van der Waals surface area contributed by atoms with Crippen LogP contribution in [0, 0.1) is 12.3 Å². The van der Waals surface area contributed by atoms with Crippen LogP contribution >= 0.6 is 11.3 Å². The molecule has 39 heavy (non-hydrogen) atoms. The van der Waals surface area contributed by atoms with E-state index in [1.54, 1.807) is 7.11 Å². The van der Waals surface area contributed by atoms with Gasteiger partial charge in [-0.1, -0.05) is 45.0 Å². The summed E-state index contributed by atoms with van der Waals surface area (Å²) in [6, 6.07) is 13.6. The van der Waals surface area contributed by atoms with Crippen molar-refractivity contribution in [2.75, 3.05) is 25.5 Å². The highest BCUT2D eigenvalue weighted by Gasteiger charge is 2.28. The molecular weight excluding hydrogens is 510 g/mol. The van der Waals surface area contributed by atoms with E-state index in [1.165, 1.54) is 11.3 Å². The van der Waals surface area contributed by atoms with Crippen LogP contribution in [0.1, 0.15) is 63.9 Å². The summed E-state index contributed by atoms with van der Waals surface area (Å²) in [4.78, 5) is 34.5. The van der Waals surface area contributed by atoms with Crippen LogP contribution in [0.3, 0.4) is 0 Å². The van der Waals surface area contributed by atoms with Crippen molar-refractivity contribution in [3.63, 3.8) is 0 Å². The van der Waals surface area contributed by atoms with Crippen molar-refractivity contribution >= 4 is 49.8 Å². The van der Waals surface area contributed by atoms with Crippen LogP contribution in [0.5, 0.6) is 0 Å². The Morgan fingerprint density at radius 2 is 1.95 bits per heavy atom. The van der Waals surface area contributed by atoms with Crippen molar-refractivity contribution < 1.29 is 19.4 Å². The van der Waals surface area contributed by atoms with E-state index in [2.05, 4.69) is 10.2 Å². The first-order valence-electron chi connectivity index (χ1n) is 13.3. The Hall–Kier alpha value is -3.17. The van der Waals surface area contributed by atoms with E-state index in [9.17, 15) is 14.7 Å². The minimum atomic E-state index is -0.549. The number of nitrogens with zero attached hydrogens (tertiary/aromatic N) is 2. The number of thiophene rings is 1. The smallest absolute Gasteiger partial charge is 0.267 e. The van der Waals surface area contributed by atoms with Gasteiger partial charge < -0.3 is 15.2 Å². The quantitative estimate of drug-likeness (QED) is 0.279. The monoisotopic (exact) mass is 545 g/mol. The number of anilines is 1. The van der Waals surface area contributed by atoms with Gasteiger partial charge in [0.25, 0.3) is 5.91 Å². The normalized spacial score (nSPS) is 16.3. The molecule has 0 spiro atoms. The lowest BCUT2D eigenvalue weighted by Gasteiger charge is -2.17. The zero-order chi connectivity index (χ0) is 27.9. The number of aryl methyl sites for hydroxylation is 1. The number of pyridine rings is 1. The molecule has 5 rings (SSSR count). The number of methoxy groups -OCH3 is 1. The van der Waals surface area contributed by atoms with E-state index in [-0.39, 0.29) is 17.8 Å². The number of aliphatic hydroxyl groups excluding tert-OH is 1. The fourth-order valence-electron chi connectivity index (χ4n) is 5.32. The Bertz CT molecular complexity index is 1570. The molecule has 2 N–H and O–H groups in total. The summed E-state index contributed by atoms with van der Waals surface area (Å²) in [5, 5.41) is 15.0. The second-order valence-electron chi connectivity index (χ2n) is 11.4. The van der Waals surface area contributed by atoms with Gasteiger partial charge in [0.05, 0.1) is 23.1 Å². The van der Waals surface area contributed by atoms with E-state index in [0.717, 1.165) is 50.6 Å². The summed E-state index contributed by atoms with van der Waals surface area (Å²) in [5.41, 5.74) is 3.72. The first-order chi connectivity index (χ1) is 18.6. The maximum absolute atomic E-state index is 13.7. The number of Topliss-reactive ketones (excluding diaryl/α,β-unsaturated/α-hetero) is 1. The zero-order valence-corrected chi connectivity index (χ0v) is 23.9. The maximum atomic E-state index is 13.7. The Labute approximate surface area is 232 Å². The number of carbonyl (C=O) groups is 2. The second-order valence-corrected chi connectivity index (χ2v) is 12.4. The predicted molar refractivity (Wildman–Crippen MR) is 157 cm³/mol. The average molecular weight is 546 g/mol. The number of aromatic nitrogens is 1. The molecule has 1 amide bonds. The van der Waals surface area contributed by atoms with Crippen LogP contribution in [-0.4, -0.2) is 53.0 Å². The second kappa shape index (κ2) is 10.8. The number of fused-ring (bicyclic) bond motifs is 2. The predicted octanol–water partition coefficient (Wildman–Crippen LogP) is 5.95. The molecule has 8 heteroatoms. The number of carbonyl (C=O) groups excluding carboxylic acids is 2. The van der Waals surface area contributed by atoms with E-state index in [0.29, 0.717) is 36.0 Å². The minimum absolute atomic E-state index is 0.0394. The molecule has 1 unspecified atom stereocenters. The summed E-state index contributed by atoms with van der Waals surface area (Å²) in [6.45, 7) is 10.2. The third-order valence-corrected chi connectivity index (χ3v) is 8.60. The standard InChI is InChI=1S/C31H35N3O4S/c1-18-26-19(17-38-5)10-11-23(29(36)31(2,3)4)28(26)39-27(18)30(37)33-25-14-20(15-34-13-12-21(35)16-34)22-8-6-7-9-24(22)32-25/h6-11,14,21,35H,12-13,15-17H2,1-5H3,(H,32,33,37). The first-order valence-corrected chi connectivity index (χ1v) is 14.1. The molecule has 1 fully saturated rings. The van der Waals surface area contributed by atoms with Gasteiger partial charge in [-0.3, -0.25) is 14.5 Å². The SMILES string of the molecule is COCc1ccc(C(=O)C(C)(C)C)c2sc(C(=O)Nc3cc(CN4CCC(O)C4)c4ccccc4n3)c(C)c12. The highest BCUT2D eigenvalue weighted by molar-refractivity contribution is 7.21. The van der Waals surface area contributed by atoms with Crippen LogP contribution in [0.25, 0.3) is 21.0 Å². The van der Waals surface area contributed by atoms with Gasteiger partial charge >= 0.3 is 0 Å². The third kappa shape index (κ3) is 5.47. The number of hydrogen-bond acceptors (Lipinski definition) is 7. The summed E-state index contributed by atoms with van der Waals surface area (Å²) in [7, 11) is 1.64. The average Bonchev–Trinajstić information content (AvgIpc) is 3.46. The molecule has 2 aromatic heterocycles. The fraction of sp³-hybridized carbons (Fsp3) is 0.387. The molecule has 7 nitrogen and oxygen atoms in total. The van der Waals surface area contributed by atoms with E-state index >= 15 is 0 Å². The molecule has 204 valence electrons. The highest BCUT2D eigenvalue weighted by Crippen LogP contribution is 2.39. The lowest BCUT2D eigenvalue weighted by Crippen LogP contribution is -2.22. The maximum Gasteiger partial charge on any atom is 0.267 e. The molecule has 1 aliphatic rings. The zero-order valence-electron chi connectivity index (χ0n) is 23.1. The molecule has 2 aromatic carbocycles. The van der Waals surface area contributed by atoms with Crippen molar-refractivity contribution in [1.29, 1.82) is 0 Å². The van der Waals surface area contributed by atoms with Gasteiger partial charge in [0, 0.05) is 53.2 Å². The van der Waals surface area contributed by atoms with Gasteiger partial charge in [0.15, 0.2) is 5.78 Å². The number of amides is 1. The number of aliphatic hydroxyl groups is 1. The molecule has 0 radical (unpaired) electrons. The third-order valence-electron chi connectivity index (χ3n) is 7.28. The van der Waals surface area contributed by atoms with Crippen molar-refractivity contribution in [2.45, 2.75) is 53.4 Å². The van der Waals surface area contributed by atoms with Gasteiger partial charge in [-0.15, -0.1) is 11.3 Å². The van der Waals surface area contributed by atoms with Crippen molar-refractivity contribution in [3.05, 3.63) is 69.6 Å². The molecule has 1 aliphatic heterocycles. The Morgan fingerprint density at radius 1 is 1.18 bits per heavy atom. The van der Waals surface area contributed by atoms with Crippen molar-refractivity contribution in [3.8, 4) is 0 Å². The summed E-state index contributed by atoms with van der Waals surface area (Å²) in [5.74, 6) is 0.266. The summed E-state index contributed by atoms with van der Waals surface area (Å²) < 4.78 is 6.24. The fourth-order valence-corrected chi connectivity index (χ4v) is 6.58. The largest absolute Gasteiger partial charge is 0.392 e. The molecule has 3 heterocycles. The van der Waals surface area contributed by atoms with Crippen LogP contribution in [0.4, 0.5) is 5.82 Å². The molecule has 0 saturated carbocycles. The van der Waals surface area contributed by atoms with Crippen molar-refractivity contribution in [1.82, 2.24) is 9.88 Å². The number of rotatable bonds is 7. The van der Waals surface area contributed by atoms with Crippen LogP contribution in [-0.2, 0) is 17.9 Å². The molecule has 0 bridgehead atoms. The molecule has 1 atom stereocenters. The number of hydrogen-bond donors (Lipinski definition) is 2. The van der Waals surface area contributed by atoms with Gasteiger partial charge in [-0.2, -0.15) is 0 Å². The molecule has 1 saturated heterocycles. The van der Waals surface area contributed by atoms with Gasteiger partial charge in [0.2, 0.25) is 0 Å². The Balaban J connectivity index is 1.53. The lowest BCUT2D eigenvalue weighted by atomic mass is 9.85. The number of ether oxygens (including phenoxy) is 1. The number of nitrogens with one attached hydrogen (secondary N) is 1. The Kier molecular flexibility index (Phi) is 7.57. The van der Waals surface area contributed by atoms with E-state index in [4.69, 9.17) is 9.72 Å². The lowest BCUT2D eigenvalue weighted by molar-refractivity contribution is 0.0860. The van der Waals surface area contributed by atoms with Crippen LogP contribution < -0.4 is 5.32 Å². The number of β-amino-alcohol motifs (C(OH)–C–C–N with tert-alkyl or cyclic N) is 1. The van der Waals surface area contributed by atoms with Gasteiger partial charge in [-0.25, -0.2) is 4.98 Å². The van der Waals surface area contributed by atoms with Gasteiger partial charge in [-0.05, 0) is 48.2 Å². The summed E-state index contributed by atoms with van der Waals surface area (Å²) >= 11 is 1.34. The van der Waals surface area contributed by atoms with Gasteiger partial charge in [0.1, 0.15) is 5.82 Å². The number of likely N-dealkylation sites (tertiary alicyclic amines) is 1. The van der Waals surface area contributed by atoms with E-state index < -0.39 is 5.41 Å². The van der Waals surface area contributed by atoms with E-state index in [1.807, 2.05) is 70.2 Å². The Morgan fingerprint density at radius 3 is 2.64 bits per heavy atom. The number of para-hydroxylation sites is 1. The molecular formula is C31H35N3O4S. The molecule has 4 aromatic rings. The topological polar surface area (TPSA) is 91.8 Å². The first kappa shape index (κ1) is 27.4. The number of ketones is 1. The molecule has 0 aliphatic carbocycles. The van der Waals surface area contributed by atoms with Crippen LogP contribution in [0.2, 0.25) is 0 Å². The minimum Gasteiger partial charge on any atom is -0.392 e.